The zero-order chi connectivity index (χ0) is 13.6. The summed E-state index contributed by atoms with van der Waals surface area (Å²) in [5, 5.41) is 13.2. The van der Waals surface area contributed by atoms with E-state index in [1.807, 2.05) is 6.92 Å². The van der Waals surface area contributed by atoms with Crippen LogP contribution in [0.5, 0.6) is 0 Å². The number of ether oxygens (including phenoxy) is 1. The van der Waals surface area contributed by atoms with Crippen molar-refractivity contribution >= 4 is 21.7 Å². The lowest BCUT2D eigenvalue weighted by atomic mass is 10.0. The quantitative estimate of drug-likeness (QED) is 0.753. The topological polar surface area (TPSA) is 67.3 Å². The van der Waals surface area contributed by atoms with Gasteiger partial charge in [-0.05, 0) is 22.9 Å². The second kappa shape index (κ2) is 7.01. The van der Waals surface area contributed by atoms with Gasteiger partial charge in [0.15, 0.2) is 0 Å². The Kier molecular flexibility index (Phi) is 5.98. The molecule has 0 saturated heterocycles. The monoisotopic (exact) mass is 317 g/mol. The van der Waals surface area contributed by atoms with Crippen molar-refractivity contribution in [1.29, 1.82) is 0 Å². The van der Waals surface area contributed by atoms with Crippen molar-refractivity contribution in [3.05, 3.63) is 16.5 Å². The van der Waals surface area contributed by atoms with Crippen molar-refractivity contribution in [3.63, 3.8) is 0 Å². The standard InChI is InChI=1S/C12H20BrN3O2/c1-4-10-15-9(13)7-11(16-10)14-8-12(2,17)5-6-18-3/h7,17H,4-6,8H2,1-3H3,(H,14,15,16). The van der Waals surface area contributed by atoms with E-state index in [4.69, 9.17) is 4.74 Å². The lowest BCUT2D eigenvalue weighted by molar-refractivity contribution is 0.0357. The highest BCUT2D eigenvalue weighted by Crippen LogP contribution is 2.15. The maximum absolute atomic E-state index is 10.1. The molecule has 0 amide bonds. The fraction of sp³-hybridized carbons (Fsp3) is 0.667. The average Bonchev–Trinajstić information content (AvgIpc) is 2.33. The van der Waals surface area contributed by atoms with Gasteiger partial charge in [-0.15, -0.1) is 0 Å². The number of aryl methyl sites for hydroxylation is 1. The molecule has 1 aromatic rings. The number of halogens is 1. The van der Waals surface area contributed by atoms with Crippen molar-refractivity contribution in [2.75, 3.05) is 25.6 Å². The Balaban J connectivity index is 2.59. The molecule has 1 rings (SSSR count). The first kappa shape index (κ1) is 15.3. The number of nitrogens with zero attached hydrogens (tertiary/aromatic N) is 2. The summed E-state index contributed by atoms with van der Waals surface area (Å²) in [7, 11) is 1.62. The Hall–Kier alpha value is -0.720. The lowest BCUT2D eigenvalue weighted by Gasteiger charge is -2.23. The molecule has 0 aliphatic carbocycles. The van der Waals surface area contributed by atoms with E-state index in [9.17, 15) is 5.11 Å². The summed E-state index contributed by atoms with van der Waals surface area (Å²) in [6, 6.07) is 1.80. The highest BCUT2D eigenvalue weighted by molar-refractivity contribution is 9.10. The fourth-order valence-corrected chi connectivity index (χ4v) is 1.83. The van der Waals surface area contributed by atoms with Crippen LogP contribution in [0, 0.1) is 0 Å². The number of aromatic nitrogens is 2. The van der Waals surface area contributed by atoms with E-state index < -0.39 is 5.60 Å². The van der Waals surface area contributed by atoms with Crippen LogP contribution in [-0.2, 0) is 11.2 Å². The minimum atomic E-state index is -0.820. The van der Waals surface area contributed by atoms with Crippen LogP contribution in [0.3, 0.4) is 0 Å². The molecule has 0 saturated carbocycles. The number of aliphatic hydroxyl groups is 1. The predicted molar refractivity (Wildman–Crippen MR) is 74.7 cm³/mol. The van der Waals surface area contributed by atoms with E-state index in [0.717, 1.165) is 16.8 Å². The van der Waals surface area contributed by atoms with Crippen LogP contribution in [0.15, 0.2) is 10.7 Å². The summed E-state index contributed by atoms with van der Waals surface area (Å²) < 4.78 is 5.71. The van der Waals surface area contributed by atoms with Gasteiger partial charge in [-0.3, -0.25) is 0 Å². The molecule has 102 valence electrons. The summed E-state index contributed by atoms with van der Waals surface area (Å²) in [5.41, 5.74) is -0.820. The van der Waals surface area contributed by atoms with Crippen molar-refractivity contribution in [1.82, 2.24) is 9.97 Å². The Morgan fingerprint density at radius 1 is 1.50 bits per heavy atom. The molecule has 1 aromatic heterocycles. The maximum atomic E-state index is 10.1. The van der Waals surface area contributed by atoms with Crippen LogP contribution in [0.2, 0.25) is 0 Å². The van der Waals surface area contributed by atoms with Gasteiger partial charge in [0, 0.05) is 39.2 Å². The zero-order valence-corrected chi connectivity index (χ0v) is 12.6. The van der Waals surface area contributed by atoms with Gasteiger partial charge in [0.05, 0.1) is 5.60 Å². The van der Waals surface area contributed by atoms with E-state index in [-0.39, 0.29) is 0 Å². The minimum absolute atomic E-state index is 0.420. The van der Waals surface area contributed by atoms with Crippen LogP contribution in [0.1, 0.15) is 26.1 Å². The highest BCUT2D eigenvalue weighted by Gasteiger charge is 2.19. The zero-order valence-electron chi connectivity index (χ0n) is 11.0. The van der Waals surface area contributed by atoms with Gasteiger partial charge in [-0.25, -0.2) is 9.97 Å². The molecule has 0 spiro atoms. The smallest absolute Gasteiger partial charge is 0.131 e. The largest absolute Gasteiger partial charge is 0.388 e. The number of hydrogen-bond donors (Lipinski definition) is 2. The van der Waals surface area contributed by atoms with Gasteiger partial charge in [0.25, 0.3) is 0 Å². The van der Waals surface area contributed by atoms with Crippen molar-refractivity contribution in [2.24, 2.45) is 0 Å². The lowest BCUT2D eigenvalue weighted by Crippen LogP contribution is -2.34. The molecule has 0 aliphatic heterocycles. The Labute approximate surface area is 116 Å². The van der Waals surface area contributed by atoms with Gasteiger partial charge in [-0.1, -0.05) is 6.92 Å². The number of rotatable bonds is 7. The van der Waals surface area contributed by atoms with Crippen LogP contribution in [-0.4, -0.2) is 40.9 Å². The number of hydrogen-bond acceptors (Lipinski definition) is 5. The van der Waals surface area contributed by atoms with E-state index >= 15 is 0 Å². The number of nitrogens with one attached hydrogen (secondary N) is 1. The molecule has 6 heteroatoms. The molecule has 18 heavy (non-hydrogen) atoms. The van der Waals surface area contributed by atoms with Gasteiger partial charge in [-0.2, -0.15) is 0 Å². The summed E-state index contributed by atoms with van der Waals surface area (Å²) in [6.45, 7) is 4.72. The normalized spacial score (nSPS) is 14.3. The third-order valence-corrected chi connectivity index (χ3v) is 2.96. The summed E-state index contributed by atoms with van der Waals surface area (Å²) in [4.78, 5) is 8.57. The average molecular weight is 318 g/mol. The van der Waals surface area contributed by atoms with Crippen molar-refractivity contribution in [3.8, 4) is 0 Å². The van der Waals surface area contributed by atoms with E-state index in [0.29, 0.717) is 25.4 Å². The van der Waals surface area contributed by atoms with Gasteiger partial charge in [0.2, 0.25) is 0 Å². The van der Waals surface area contributed by atoms with Gasteiger partial charge in [0.1, 0.15) is 16.2 Å². The molecule has 2 N–H and O–H groups in total. The molecule has 1 atom stereocenters. The number of anilines is 1. The predicted octanol–water partition coefficient (Wildman–Crippen LogP) is 2.00. The molecule has 0 fully saturated rings. The van der Waals surface area contributed by atoms with Gasteiger partial charge >= 0.3 is 0 Å². The Bertz CT molecular complexity index is 386. The first-order valence-electron chi connectivity index (χ1n) is 5.95. The van der Waals surface area contributed by atoms with Crippen molar-refractivity contribution < 1.29 is 9.84 Å². The van der Waals surface area contributed by atoms with Crippen LogP contribution < -0.4 is 5.32 Å². The first-order chi connectivity index (χ1) is 8.46. The molecule has 1 unspecified atom stereocenters. The molecule has 0 radical (unpaired) electrons. The second-order valence-electron chi connectivity index (χ2n) is 4.44. The second-order valence-corrected chi connectivity index (χ2v) is 5.25. The van der Waals surface area contributed by atoms with Crippen molar-refractivity contribution in [2.45, 2.75) is 32.3 Å². The summed E-state index contributed by atoms with van der Waals surface area (Å²) >= 11 is 3.34. The fourth-order valence-electron chi connectivity index (χ4n) is 1.40. The molecular weight excluding hydrogens is 298 g/mol. The van der Waals surface area contributed by atoms with E-state index in [2.05, 4.69) is 31.2 Å². The molecule has 0 aliphatic rings. The van der Waals surface area contributed by atoms with Crippen LogP contribution >= 0.6 is 15.9 Å². The third kappa shape index (κ3) is 5.29. The first-order valence-corrected chi connectivity index (χ1v) is 6.75. The van der Waals surface area contributed by atoms with Gasteiger partial charge < -0.3 is 15.2 Å². The van der Waals surface area contributed by atoms with Crippen LogP contribution in [0.4, 0.5) is 5.82 Å². The SMILES string of the molecule is CCc1nc(Br)cc(NCC(C)(O)CCOC)n1. The number of methoxy groups -OCH3 is 1. The third-order valence-electron chi connectivity index (χ3n) is 2.55. The highest BCUT2D eigenvalue weighted by atomic mass is 79.9. The molecule has 5 nitrogen and oxygen atoms in total. The minimum Gasteiger partial charge on any atom is -0.388 e. The Morgan fingerprint density at radius 2 is 2.22 bits per heavy atom. The molecular formula is C12H20BrN3O2. The summed E-state index contributed by atoms with van der Waals surface area (Å²) in [5.74, 6) is 1.48. The molecule has 0 aromatic carbocycles. The van der Waals surface area contributed by atoms with E-state index in [1.165, 1.54) is 0 Å². The van der Waals surface area contributed by atoms with Crippen LogP contribution in [0.25, 0.3) is 0 Å². The molecule has 0 bridgehead atoms. The maximum Gasteiger partial charge on any atom is 0.131 e. The van der Waals surface area contributed by atoms with E-state index in [1.54, 1.807) is 20.1 Å². The molecule has 1 heterocycles. The summed E-state index contributed by atoms with van der Waals surface area (Å²) in [6.07, 6.45) is 1.34. The Morgan fingerprint density at radius 3 is 2.83 bits per heavy atom.